The van der Waals surface area contributed by atoms with Crippen LogP contribution in [-0.2, 0) is 13.0 Å². The average Bonchev–Trinajstić information content (AvgIpc) is 2.88. The Morgan fingerprint density at radius 3 is 2.84 bits per heavy atom. The van der Waals surface area contributed by atoms with Crippen molar-refractivity contribution in [3.05, 3.63) is 52.0 Å². The zero-order chi connectivity index (χ0) is 13.7. The summed E-state index contributed by atoms with van der Waals surface area (Å²) in [6.45, 7) is 2.49. The van der Waals surface area contributed by atoms with E-state index in [1.54, 1.807) is 11.3 Å². The summed E-state index contributed by atoms with van der Waals surface area (Å²) in [6.07, 6.45) is 1.55. The number of hydrogen-bond acceptors (Lipinski definition) is 3. The number of halogens is 1. The van der Waals surface area contributed by atoms with Gasteiger partial charge in [-0.2, -0.15) is 11.3 Å². The summed E-state index contributed by atoms with van der Waals surface area (Å²) in [4.78, 5) is 0. The van der Waals surface area contributed by atoms with Gasteiger partial charge in [-0.05, 0) is 52.9 Å². The molecule has 0 fully saturated rings. The maximum atomic E-state index is 13.5. The van der Waals surface area contributed by atoms with E-state index in [2.05, 4.69) is 0 Å². The Balaban J connectivity index is 2.03. The largest absolute Gasteiger partial charge is 0.489 e. The van der Waals surface area contributed by atoms with Gasteiger partial charge in [-0.25, -0.2) is 4.39 Å². The zero-order valence-corrected chi connectivity index (χ0v) is 11.8. The molecule has 1 heterocycles. The Morgan fingerprint density at radius 1 is 1.32 bits per heavy atom. The van der Waals surface area contributed by atoms with Crippen LogP contribution < -0.4 is 10.5 Å². The van der Waals surface area contributed by atoms with Gasteiger partial charge >= 0.3 is 0 Å². The molecule has 2 aromatic rings. The van der Waals surface area contributed by atoms with Crippen molar-refractivity contribution >= 4 is 11.3 Å². The van der Waals surface area contributed by atoms with Crippen LogP contribution in [0.2, 0.25) is 0 Å². The molecule has 0 amide bonds. The molecular weight excluding hydrogens is 261 g/mol. The number of hydrogen-bond donors (Lipinski definition) is 1. The first-order valence-electron chi connectivity index (χ1n) is 6.36. The first kappa shape index (κ1) is 14.0. The highest BCUT2D eigenvalue weighted by molar-refractivity contribution is 7.07. The predicted molar refractivity (Wildman–Crippen MR) is 77.0 cm³/mol. The van der Waals surface area contributed by atoms with Crippen molar-refractivity contribution in [2.24, 2.45) is 5.73 Å². The summed E-state index contributed by atoms with van der Waals surface area (Å²) < 4.78 is 19.1. The van der Waals surface area contributed by atoms with Crippen molar-refractivity contribution in [1.82, 2.24) is 0 Å². The van der Waals surface area contributed by atoms with Crippen molar-refractivity contribution in [3.8, 4) is 5.75 Å². The zero-order valence-electron chi connectivity index (χ0n) is 10.9. The maximum Gasteiger partial charge on any atom is 0.127 e. The van der Waals surface area contributed by atoms with E-state index in [1.807, 2.05) is 29.8 Å². The normalized spacial score (nSPS) is 12.4. The quantitative estimate of drug-likeness (QED) is 0.874. The van der Waals surface area contributed by atoms with Crippen LogP contribution >= 0.6 is 11.3 Å². The highest BCUT2D eigenvalue weighted by Crippen LogP contribution is 2.19. The summed E-state index contributed by atoms with van der Waals surface area (Å²) in [5, 5.41) is 4.02. The minimum Gasteiger partial charge on any atom is -0.489 e. The Kier molecular flexibility index (Phi) is 4.93. The SMILES string of the molecule is CCC(N)Cc1cc(F)cc(OCc2ccsc2)c1. The number of ether oxygens (including phenoxy) is 1. The molecule has 0 bridgehead atoms. The van der Waals surface area contributed by atoms with Gasteiger partial charge in [-0.3, -0.25) is 0 Å². The highest BCUT2D eigenvalue weighted by Gasteiger charge is 2.06. The van der Waals surface area contributed by atoms with Crippen LogP contribution in [0.3, 0.4) is 0 Å². The molecule has 0 saturated heterocycles. The van der Waals surface area contributed by atoms with Crippen molar-refractivity contribution in [2.45, 2.75) is 32.4 Å². The van der Waals surface area contributed by atoms with Crippen LogP contribution in [0, 0.1) is 5.82 Å². The molecule has 0 aliphatic rings. The van der Waals surface area contributed by atoms with E-state index < -0.39 is 0 Å². The number of rotatable bonds is 6. The van der Waals surface area contributed by atoms with Gasteiger partial charge in [-0.15, -0.1) is 0 Å². The number of thiophene rings is 1. The summed E-state index contributed by atoms with van der Waals surface area (Å²) in [5.74, 6) is 0.283. The van der Waals surface area contributed by atoms with Gasteiger partial charge in [-0.1, -0.05) is 6.92 Å². The third-order valence-corrected chi connectivity index (χ3v) is 3.67. The van der Waals surface area contributed by atoms with E-state index in [0.29, 0.717) is 18.8 Å². The van der Waals surface area contributed by atoms with Gasteiger partial charge < -0.3 is 10.5 Å². The number of benzene rings is 1. The lowest BCUT2D eigenvalue weighted by Gasteiger charge is -2.11. The van der Waals surface area contributed by atoms with Crippen molar-refractivity contribution < 1.29 is 9.13 Å². The Morgan fingerprint density at radius 2 is 2.16 bits per heavy atom. The third-order valence-electron chi connectivity index (χ3n) is 2.94. The van der Waals surface area contributed by atoms with Gasteiger partial charge in [0.2, 0.25) is 0 Å². The van der Waals surface area contributed by atoms with Gasteiger partial charge in [0.05, 0.1) is 0 Å². The lowest BCUT2D eigenvalue weighted by Crippen LogP contribution is -2.21. The second kappa shape index (κ2) is 6.68. The van der Waals surface area contributed by atoms with Crippen molar-refractivity contribution in [2.75, 3.05) is 0 Å². The fraction of sp³-hybridized carbons (Fsp3) is 0.333. The molecule has 0 aliphatic heterocycles. The first-order chi connectivity index (χ1) is 9.17. The smallest absolute Gasteiger partial charge is 0.127 e. The van der Waals surface area contributed by atoms with Crippen LogP contribution in [0.4, 0.5) is 4.39 Å². The van der Waals surface area contributed by atoms with Gasteiger partial charge in [0.15, 0.2) is 0 Å². The molecule has 0 aliphatic carbocycles. The van der Waals surface area contributed by atoms with Crippen molar-refractivity contribution in [3.63, 3.8) is 0 Å². The summed E-state index contributed by atoms with van der Waals surface area (Å²) in [6, 6.07) is 6.86. The summed E-state index contributed by atoms with van der Waals surface area (Å²) in [7, 11) is 0. The fourth-order valence-electron chi connectivity index (χ4n) is 1.81. The van der Waals surface area contributed by atoms with E-state index in [1.165, 1.54) is 12.1 Å². The van der Waals surface area contributed by atoms with E-state index in [4.69, 9.17) is 10.5 Å². The van der Waals surface area contributed by atoms with Gasteiger partial charge in [0.25, 0.3) is 0 Å². The van der Waals surface area contributed by atoms with Gasteiger partial charge in [0, 0.05) is 12.1 Å². The van der Waals surface area contributed by atoms with Crippen LogP contribution in [0.5, 0.6) is 5.75 Å². The van der Waals surface area contributed by atoms with Gasteiger partial charge in [0.1, 0.15) is 18.2 Å². The number of nitrogens with two attached hydrogens (primary N) is 1. The molecule has 2 rings (SSSR count). The Labute approximate surface area is 117 Å². The third kappa shape index (κ3) is 4.33. The molecule has 1 aromatic heterocycles. The fourth-order valence-corrected chi connectivity index (χ4v) is 2.46. The second-order valence-electron chi connectivity index (χ2n) is 4.59. The van der Waals surface area contributed by atoms with Crippen LogP contribution in [0.15, 0.2) is 35.0 Å². The monoisotopic (exact) mass is 279 g/mol. The van der Waals surface area contributed by atoms with Crippen molar-refractivity contribution in [1.29, 1.82) is 0 Å². The molecule has 2 N–H and O–H groups in total. The average molecular weight is 279 g/mol. The van der Waals surface area contributed by atoms with Crippen LogP contribution in [-0.4, -0.2) is 6.04 Å². The molecule has 0 spiro atoms. The van der Waals surface area contributed by atoms with E-state index in [-0.39, 0.29) is 11.9 Å². The topological polar surface area (TPSA) is 35.2 Å². The van der Waals surface area contributed by atoms with Crippen LogP contribution in [0.1, 0.15) is 24.5 Å². The van der Waals surface area contributed by atoms with E-state index in [0.717, 1.165) is 17.5 Å². The molecule has 1 unspecified atom stereocenters. The minimum absolute atomic E-state index is 0.0616. The maximum absolute atomic E-state index is 13.5. The molecule has 0 radical (unpaired) electrons. The van der Waals surface area contributed by atoms with E-state index >= 15 is 0 Å². The molecule has 0 saturated carbocycles. The standard InChI is InChI=1S/C15H18FNOS/c1-2-14(17)6-12-5-13(16)8-15(7-12)18-9-11-3-4-19-10-11/h3-5,7-8,10,14H,2,6,9,17H2,1H3. The molecule has 1 atom stereocenters. The molecule has 4 heteroatoms. The first-order valence-corrected chi connectivity index (χ1v) is 7.30. The summed E-state index contributed by atoms with van der Waals surface area (Å²) in [5.41, 5.74) is 7.88. The Hall–Kier alpha value is -1.39. The lowest BCUT2D eigenvalue weighted by atomic mass is 10.0. The second-order valence-corrected chi connectivity index (χ2v) is 5.37. The minimum atomic E-state index is -0.277. The predicted octanol–water partition coefficient (Wildman–Crippen LogP) is 3.75. The molecule has 102 valence electrons. The lowest BCUT2D eigenvalue weighted by molar-refractivity contribution is 0.304. The summed E-state index contributed by atoms with van der Waals surface area (Å²) >= 11 is 1.62. The molecular formula is C15H18FNOS. The van der Waals surface area contributed by atoms with E-state index in [9.17, 15) is 4.39 Å². The Bertz CT molecular complexity index is 513. The molecule has 1 aromatic carbocycles. The highest BCUT2D eigenvalue weighted by atomic mass is 32.1. The molecule has 19 heavy (non-hydrogen) atoms. The molecule has 2 nitrogen and oxygen atoms in total. The van der Waals surface area contributed by atoms with Crippen LogP contribution in [0.25, 0.3) is 0 Å².